The van der Waals surface area contributed by atoms with E-state index in [-0.39, 0.29) is 5.91 Å². The van der Waals surface area contributed by atoms with Gasteiger partial charge in [-0.2, -0.15) is 0 Å². The topological polar surface area (TPSA) is 36.1 Å². The van der Waals surface area contributed by atoms with E-state index in [1.165, 1.54) is 33.3 Å². The summed E-state index contributed by atoms with van der Waals surface area (Å²) in [5.74, 6) is 0.208. The molecule has 0 saturated heterocycles. The molecule has 2 heterocycles. The van der Waals surface area contributed by atoms with Crippen molar-refractivity contribution < 1.29 is 4.79 Å². The number of aryl methyl sites for hydroxylation is 2. The van der Waals surface area contributed by atoms with Crippen molar-refractivity contribution in [2.24, 2.45) is 0 Å². The van der Waals surface area contributed by atoms with Crippen molar-refractivity contribution in [3.8, 4) is 0 Å². The first kappa shape index (κ1) is 16.6. The molecule has 3 aromatic rings. The maximum absolute atomic E-state index is 12.6. The third-order valence-corrected chi connectivity index (χ3v) is 5.25. The van der Waals surface area contributed by atoms with E-state index in [0.717, 1.165) is 18.5 Å². The van der Waals surface area contributed by atoms with E-state index in [4.69, 9.17) is 0 Å². The molecule has 0 fully saturated rings. The number of para-hydroxylation sites is 1. The number of fused-ring (bicyclic) bond motifs is 1. The molecule has 0 spiro atoms. The first-order valence-electron chi connectivity index (χ1n) is 9.22. The van der Waals surface area contributed by atoms with Gasteiger partial charge in [-0.25, -0.2) is 0 Å². The molecule has 4 rings (SSSR count). The molecule has 0 bridgehead atoms. The zero-order valence-electron chi connectivity index (χ0n) is 15.4. The highest BCUT2D eigenvalue weighted by molar-refractivity contribution is 5.94. The number of carbonyl (C=O) groups excluding carboxylic acids is 1. The Hall–Kier alpha value is -2.81. The van der Waals surface area contributed by atoms with Crippen molar-refractivity contribution >= 4 is 22.4 Å². The van der Waals surface area contributed by atoms with Crippen LogP contribution in [0.4, 0.5) is 0 Å². The highest BCUT2D eigenvalue weighted by Gasteiger charge is 2.20. The molecule has 1 aromatic heterocycles. The van der Waals surface area contributed by atoms with Crippen LogP contribution in [-0.2, 0) is 11.2 Å². The number of nitrogens with one attached hydrogen (secondary N) is 1. The van der Waals surface area contributed by atoms with Crippen molar-refractivity contribution in [2.75, 3.05) is 13.1 Å². The molecule has 132 valence electrons. The number of carbonyl (C=O) groups is 1. The number of hydrogen-bond donors (Lipinski definition) is 1. The zero-order valence-corrected chi connectivity index (χ0v) is 15.4. The predicted molar refractivity (Wildman–Crippen MR) is 107 cm³/mol. The lowest BCUT2D eigenvalue weighted by Gasteiger charge is -2.27. The van der Waals surface area contributed by atoms with Crippen molar-refractivity contribution in [2.45, 2.75) is 26.7 Å². The molecule has 2 aromatic carbocycles. The van der Waals surface area contributed by atoms with E-state index in [9.17, 15) is 4.79 Å². The van der Waals surface area contributed by atoms with Gasteiger partial charge in [-0.3, -0.25) is 4.79 Å². The summed E-state index contributed by atoms with van der Waals surface area (Å²) < 4.78 is 0. The average molecular weight is 344 g/mol. The molecule has 0 aliphatic carbocycles. The zero-order chi connectivity index (χ0) is 18.1. The Bertz CT molecular complexity index is 979. The fourth-order valence-electron chi connectivity index (χ4n) is 3.81. The van der Waals surface area contributed by atoms with Crippen LogP contribution in [0.2, 0.25) is 0 Å². The van der Waals surface area contributed by atoms with Gasteiger partial charge < -0.3 is 9.88 Å². The van der Waals surface area contributed by atoms with Crippen LogP contribution < -0.4 is 0 Å². The maximum atomic E-state index is 12.6. The smallest absolute Gasteiger partial charge is 0.227 e. The maximum Gasteiger partial charge on any atom is 0.227 e. The van der Waals surface area contributed by atoms with Gasteiger partial charge in [0, 0.05) is 35.2 Å². The van der Waals surface area contributed by atoms with Crippen molar-refractivity contribution in [1.82, 2.24) is 9.88 Å². The summed E-state index contributed by atoms with van der Waals surface area (Å²) in [6, 6.07) is 16.7. The van der Waals surface area contributed by atoms with Crippen molar-refractivity contribution in [1.29, 1.82) is 0 Å². The minimum absolute atomic E-state index is 0.208. The molecular formula is C23H24N2O. The van der Waals surface area contributed by atoms with Gasteiger partial charge >= 0.3 is 0 Å². The van der Waals surface area contributed by atoms with Crippen LogP contribution in [0.15, 0.2) is 54.6 Å². The van der Waals surface area contributed by atoms with Gasteiger partial charge in [0.2, 0.25) is 5.91 Å². The van der Waals surface area contributed by atoms with Gasteiger partial charge in [0.25, 0.3) is 0 Å². The lowest BCUT2D eigenvalue weighted by atomic mass is 9.96. The van der Waals surface area contributed by atoms with E-state index in [1.54, 1.807) is 0 Å². The van der Waals surface area contributed by atoms with E-state index in [2.05, 4.69) is 61.3 Å². The van der Waals surface area contributed by atoms with Gasteiger partial charge in [-0.1, -0.05) is 54.1 Å². The normalized spacial score (nSPS) is 14.5. The van der Waals surface area contributed by atoms with Crippen LogP contribution in [0, 0.1) is 13.8 Å². The molecule has 0 saturated carbocycles. The minimum atomic E-state index is 0.208. The summed E-state index contributed by atoms with van der Waals surface area (Å²) in [5.41, 5.74) is 7.35. The van der Waals surface area contributed by atoms with Crippen LogP contribution in [0.1, 0.15) is 28.8 Å². The van der Waals surface area contributed by atoms with Crippen LogP contribution in [0.3, 0.4) is 0 Å². The van der Waals surface area contributed by atoms with Crippen LogP contribution >= 0.6 is 0 Å². The molecule has 1 amide bonds. The SMILES string of the molecule is Cc1ccc(CC(=O)N2CC=C(c3c(C)[nH]c4ccccc34)CC2)cc1. The first-order valence-corrected chi connectivity index (χ1v) is 9.22. The fourth-order valence-corrected chi connectivity index (χ4v) is 3.81. The summed E-state index contributed by atoms with van der Waals surface area (Å²) >= 11 is 0. The van der Waals surface area contributed by atoms with Gasteiger partial charge in [0.05, 0.1) is 6.42 Å². The van der Waals surface area contributed by atoms with Crippen molar-refractivity contribution in [3.63, 3.8) is 0 Å². The number of rotatable bonds is 3. The molecule has 1 N–H and O–H groups in total. The second-order valence-electron chi connectivity index (χ2n) is 7.15. The largest absolute Gasteiger partial charge is 0.358 e. The highest BCUT2D eigenvalue weighted by Crippen LogP contribution is 2.32. The van der Waals surface area contributed by atoms with Crippen molar-refractivity contribution in [3.05, 3.63) is 77.0 Å². The Labute approximate surface area is 154 Å². The number of amides is 1. The van der Waals surface area contributed by atoms with E-state index >= 15 is 0 Å². The molecule has 26 heavy (non-hydrogen) atoms. The Morgan fingerprint density at radius 2 is 1.85 bits per heavy atom. The molecule has 0 atom stereocenters. The van der Waals surface area contributed by atoms with Gasteiger partial charge in [-0.05, 0) is 37.5 Å². The van der Waals surface area contributed by atoms with Crippen LogP contribution in [0.25, 0.3) is 16.5 Å². The van der Waals surface area contributed by atoms with Gasteiger partial charge in [0.1, 0.15) is 0 Å². The highest BCUT2D eigenvalue weighted by atomic mass is 16.2. The Balaban J connectivity index is 1.50. The summed E-state index contributed by atoms with van der Waals surface area (Å²) in [6.07, 6.45) is 3.61. The lowest BCUT2D eigenvalue weighted by Crippen LogP contribution is -2.35. The van der Waals surface area contributed by atoms with E-state index in [0.29, 0.717) is 13.0 Å². The lowest BCUT2D eigenvalue weighted by molar-refractivity contribution is -0.130. The Kier molecular flexibility index (Phi) is 4.37. The summed E-state index contributed by atoms with van der Waals surface area (Å²) in [7, 11) is 0. The third kappa shape index (κ3) is 3.17. The van der Waals surface area contributed by atoms with E-state index < -0.39 is 0 Å². The number of nitrogens with zero attached hydrogens (tertiary/aromatic N) is 1. The Morgan fingerprint density at radius 1 is 1.08 bits per heavy atom. The van der Waals surface area contributed by atoms with Gasteiger partial charge in [-0.15, -0.1) is 0 Å². The molecular weight excluding hydrogens is 320 g/mol. The number of aromatic amines is 1. The summed E-state index contributed by atoms with van der Waals surface area (Å²) in [6.45, 7) is 5.68. The predicted octanol–water partition coefficient (Wildman–Crippen LogP) is 4.64. The quantitative estimate of drug-likeness (QED) is 0.738. The number of hydrogen-bond acceptors (Lipinski definition) is 1. The molecule has 1 aliphatic heterocycles. The van der Waals surface area contributed by atoms with Crippen LogP contribution in [0.5, 0.6) is 0 Å². The number of H-pyrrole nitrogens is 1. The monoisotopic (exact) mass is 344 g/mol. The third-order valence-electron chi connectivity index (χ3n) is 5.25. The minimum Gasteiger partial charge on any atom is -0.358 e. The molecule has 1 aliphatic rings. The van der Waals surface area contributed by atoms with Crippen LogP contribution in [-0.4, -0.2) is 28.9 Å². The summed E-state index contributed by atoms with van der Waals surface area (Å²) in [4.78, 5) is 18.1. The second-order valence-corrected chi connectivity index (χ2v) is 7.15. The molecule has 0 unspecified atom stereocenters. The summed E-state index contributed by atoms with van der Waals surface area (Å²) in [5, 5.41) is 1.27. The standard InChI is InChI=1S/C23H24N2O/c1-16-7-9-18(10-8-16)15-22(26)25-13-11-19(12-14-25)23-17(2)24-21-6-4-3-5-20(21)23/h3-11,24H,12-15H2,1-2H3. The number of benzene rings is 2. The second kappa shape index (κ2) is 6.83. The molecule has 3 heteroatoms. The van der Waals surface area contributed by atoms with E-state index in [1.807, 2.05) is 17.0 Å². The molecule has 0 radical (unpaired) electrons. The molecule has 3 nitrogen and oxygen atoms in total. The number of aromatic nitrogens is 1. The average Bonchev–Trinajstić information content (AvgIpc) is 2.99. The Morgan fingerprint density at radius 3 is 2.58 bits per heavy atom. The van der Waals surface area contributed by atoms with Gasteiger partial charge in [0.15, 0.2) is 0 Å². The fraction of sp³-hybridized carbons (Fsp3) is 0.261. The first-order chi connectivity index (χ1) is 12.6.